The highest BCUT2D eigenvalue weighted by atomic mass is 16.6. The largest absolute Gasteiger partial charge is 0.481 e. The van der Waals surface area contributed by atoms with Crippen LogP contribution in [0, 0.1) is 0 Å². The Labute approximate surface area is 256 Å². The number of aliphatic carboxylic acids is 3. The van der Waals surface area contributed by atoms with Gasteiger partial charge in [0.15, 0.2) is 0 Å². The van der Waals surface area contributed by atoms with Gasteiger partial charge in [-0.15, -0.1) is 0 Å². The Morgan fingerprint density at radius 3 is 0.953 bits per heavy atom. The van der Waals surface area contributed by atoms with Crippen LogP contribution in [0.25, 0.3) is 0 Å². The van der Waals surface area contributed by atoms with Crippen LogP contribution in [-0.4, -0.2) is 115 Å². The molecule has 0 aromatic rings. The topological polar surface area (TPSA) is 246 Å². The number of rotatable bonds is 24. The molecule has 9 N–H and O–H groups in total. The zero-order valence-electron chi connectivity index (χ0n) is 26.0. The van der Waals surface area contributed by atoms with Crippen molar-refractivity contribution >= 4 is 17.9 Å². The second-order valence-electron chi connectivity index (χ2n) is 10.5. The molecule has 0 aromatic carbocycles. The Morgan fingerprint density at radius 2 is 0.744 bits per heavy atom. The number of epoxide rings is 1. The highest BCUT2D eigenvalue weighted by Crippen LogP contribution is 2.13. The molecule has 0 amide bonds. The summed E-state index contributed by atoms with van der Waals surface area (Å²) < 4.78 is 4.50. The van der Waals surface area contributed by atoms with Gasteiger partial charge in [0.1, 0.15) is 24.4 Å². The number of carbonyl (C=O) groups is 3. The van der Waals surface area contributed by atoms with Crippen molar-refractivity contribution in [1.82, 2.24) is 0 Å². The first-order valence-electron chi connectivity index (χ1n) is 15.6. The van der Waals surface area contributed by atoms with E-state index in [9.17, 15) is 14.4 Å². The van der Waals surface area contributed by atoms with Crippen LogP contribution in [0.5, 0.6) is 0 Å². The maximum atomic E-state index is 10.3. The molecular weight excluding hydrogens is 568 g/mol. The molecule has 0 saturated carbocycles. The molecule has 1 aliphatic heterocycles. The molecule has 0 aromatic heterocycles. The minimum atomic E-state index is -1.67. The van der Waals surface area contributed by atoms with Gasteiger partial charge in [-0.3, -0.25) is 14.4 Å². The van der Waals surface area contributed by atoms with Crippen molar-refractivity contribution in [3.8, 4) is 0 Å². The number of unbranched alkanes of at least 4 members (excludes halogenated alkanes) is 13. The lowest BCUT2D eigenvalue weighted by atomic mass is 10.0. The van der Waals surface area contributed by atoms with E-state index in [1.54, 1.807) is 0 Å². The Balaban J connectivity index is -0.000000553. The number of carboxylic acids is 3. The van der Waals surface area contributed by atoms with Gasteiger partial charge in [0.05, 0.1) is 26.4 Å². The van der Waals surface area contributed by atoms with E-state index in [-0.39, 0.29) is 12.8 Å². The summed E-state index contributed by atoms with van der Waals surface area (Å²) in [6, 6.07) is 0. The summed E-state index contributed by atoms with van der Waals surface area (Å²) in [6.45, 7) is 2.81. The van der Waals surface area contributed by atoms with Crippen molar-refractivity contribution in [2.45, 2.75) is 147 Å². The summed E-state index contributed by atoms with van der Waals surface area (Å²) in [7, 11) is 0. The third kappa shape index (κ3) is 42.3. The minimum absolute atomic E-state index is 0.0628. The van der Waals surface area contributed by atoms with E-state index in [0.29, 0.717) is 19.3 Å². The average Bonchev–Trinajstić information content (AvgIpc) is 3.86. The Bertz CT molecular complexity index is 598. The molecule has 0 bridgehead atoms. The lowest BCUT2D eigenvalue weighted by molar-refractivity contribution is -0.139. The molecule has 0 spiro atoms. The fourth-order valence-electron chi connectivity index (χ4n) is 3.52. The van der Waals surface area contributed by atoms with Crippen LogP contribution in [0.2, 0.25) is 0 Å². The van der Waals surface area contributed by atoms with Crippen LogP contribution in [0.1, 0.15) is 122 Å². The number of ether oxygens (including phenoxy) is 1. The summed E-state index contributed by atoms with van der Waals surface area (Å²) in [5.41, 5.74) is 0. The summed E-state index contributed by atoms with van der Waals surface area (Å²) in [4.78, 5) is 30.1. The number of hydrogen-bond donors (Lipinski definition) is 9. The molecule has 43 heavy (non-hydrogen) atoms. The number of carboxylic acid groups (broad SMARTS) is 3. The molecular formula is C30H60O13. The Kier molecular flexibility index (Phi) is 36.7. The summed E-state index contributed by atoms with van der Waals surface area (Å²) >= 11 is 0. The molecule has 1 fully saturated rings. The Hall–Kier alpha value is -1.87. The van der Waals surface area contributed by atoms with Gasteiger partial charge in [0.25, 0.3) is 0 Å². The van der Waals surface area contributed by atoms with E-state index in [0.717, 1.165) is 26.1 Å². The second-order valence-corrected chi connectivity index (χ2v) is 10.5. The monoisotopic (exact) mass is 628 g/mol. The first-order valence-corrected chi connectivity index (χ1v) is 15.6. The van der Waals surface area contributed by atoms with E-state index in [2.05, 4.69) is 11.7 Å². The van der Waals surface area contributed by atoms with E-state index in [1.807, 2.05) is 0 Å². The summed E-state index contributed by atoms with van der Waals surface area (Å²) in [6.07, 6.45) is 11.9. The molecule has 1 rings (SSSR count). The van der Waals surface area contributed by atoms with Gasteiger partial charge in [0, 0.05) is 19.3 Å². The van der Waals surface area contributed by atoms with E-state index in [1.165, 1.54) is 70.6 Å². The quantitative estimate of drug-likeness (QED) is 0.0552. The smallest absolute Gasteiger partial charge is 0.303 e. The molecule has 0 radical (unpaired) electrons. The van der Waals surface area contributed by atoms with Crippen molar-refractivity contribution in [1.29, 1.82) is 0 Å². The van der Waals surface area contributed by atoms with Gasteiger partial charge in [-0.2, -0.15) is 0 Å². The molecule has 4 atom stereocenters. The molecule has 13 heteroatoms. The van der Waals surface area contributed by atoms with E-state index >= 15 is 0 Å². The van der Waals surface area contributed by atoms with Crippen molar-refractivity contribution in [2.75, 3.05) is 26.4 Å². The number of aliphatic hydroxyl groups excluding tert-OH is 6. The zero-order valence-corrected chi connectivity index (χ0v) is 26.0. The molecule has 258 valence electrons. The maximum absolute atomic E-state index is 10.3. The first-order chi connectivity index (χ1) is 20.4. The fraction of sp³-hybridized carbons (Fsp3) is 0.900. The summed E-state index contributed by atoms with van der Waals surface area (Å²) in [5.74, 6) is -2.39. The lowest BCUT2D eigenvalue weighted by Gasteiger charge is -2.24. The third-order valence-corrected chi connectivity index (χ3v) is 6.24. The van der Waals surface area contributed by atoms with Gasteiger partial charge in [-0.25, -0.2) is 0 Å². The second kappa shape index (κ2) is 34.6. The molecule has 4 unspecified atom stereocenters. The predicted octanol–water partition coefficient (Wildman–Crippen LogP) is 2.70. The molecule has 1 saturated heterocycles. The van der Waals surface area contributed by atoms with Crippen LogP contribution in [0.15, 0.2) is 0 Å². The number of aliphatic hydroxyl groups is 6. The standard InChI is InChI=1S/C16H32O2.C6H14O6.C6H10O4.C2H4O/c1-2-3-4-5-6-7-8-9-10-11-12-13-14-15-16(17)18;7-1-3(9)5(11)6(12)4(10)2-8;7-5(8)3-1-2-4-6(9)10;1-2-3-1/h2-15H2,1H3,(H,17,18);3-12H,1-2H2;1-4H2,(H,7,8)(H,9,10);1-2H2. The van der Waals surface area contributed by atoms with Crippen molar-refractivity contribution in [3.63, 3.8) is 0 Å². The minimum Gasteiger partial charge on any atom is -0.481 e. The van der Waals surface area contributed by atoms with Crippen LogP contribution < -0.4 is 0 Å². The van der Waals surface area contributed by atoms with Crippen molar-refractivity contribution in [2.24, 2.45) is 0 Å². The Morgan fingerprint density at radius 1 is 0.512 bits per heavy atom. The number of hydrogen-bond acceptors (Lipinski definition) is 10. The maximum Gasteiger partial charge on any atom is 0.303 e. The predicted molar refractivity (Wildman–Crippen MR) is 161 cm³/mol. The lowest BCUT2D eigenvalue weighted by Crippen LogP contribution is -2.46. The van der Waals surface area contributed by atoms with E-state index < -0.39 is 55.5 Å². The average molecular weight is 629 g/mol. The molecule has 13 nitrogen and oxygen atoms in total. The van der Waals surface area contributed by atoms with Crippen LogP contribution in [-0.2, 0) is 19.1 Å². The van der Waals surface area contributed by atoms with Gasteiger partial charge in [-0.05, 0) is 19.3 Å². The van der Waals surface area contributed by atoms with Gasteiger partial charge in [0.2, 0.25) is 0 Å². The molecule has 1 heterocycles. The van der Waals surface area contributed by atoms with Crippen molar-refractivity contribution in [3.05, 3.63) is 0 Å². The van der Waals surface area contributed by atoms with Gasteiger partial charge >= 0.3 is 17.9 Å². The normalized spacial score (nSPS) is 14.3. The van der Waals surface area contributed by atoms with Crippen LogP contribution >= 0.6 is 0 Å². The van der Waals surface area contributed by atoms with Gasteiger partial charge < -0.3 is 50.7 Å². The fourth-order valence-corrected chi connectivity index (χ4v) is 3.52. The highest BCUT2D eigenvalue weighted by molar-refractivity contribution is 5.68. The molecule has 0 aliphatic carbocycles. The van der Waals surface area contributed by atoms with Crippen molar-refractivity contribution < 1.29 is 65.1 Å². The highest BCUT2D eigenvalue weighted by Gasteiger charge is 2.29. The van der Waals surface area contributed by atoms with E-state index in [4.69, 9.17) is 46.0 Å². The molecule has 1 aliphatic rings. The summed E-state index contributed by atoms with van der Waals surface area (Å²) in [5, 5.41) is 76.9. The van der Waals surface area contributed by atoms with Crippen LogP contribution in [0.4, 0.5) is 0 Å². The van der Waals surface area contributed by atoms with Crippen LogP contribution in [0.3, 0.4) is 0 Å². The third-order valence-electron chi connectivity index (χ3n) is 6.24. The first kappa shape index (κ1) is 45.6. The van der Waals surface area contributed by atoms with Gasteiger partial charge in [-0.1, -0.05) is 84.0 Å². The SMILES string of the molecule is C1CO1.CCCCCCCCCCCCCCCC(=O)O.O=C(O)CCCCC(=O)O.OCC(O)C(O)C(O)C(O)CO. The zero-order chi connectivity index (χ0) is 33.3.